The van der Waals surface area contributed by atoms with Crippen LogP contribution in [0.15, 0.2) is 23.8 Å². The summed E-state index contributed by atoms with van der Waals surface area (Å²) in [6.07, 6.45) is 5.78. The first-order chi connectivity index (χ1) is 6.63. The van der Waals surface area contributed by atoms with E-state index in [1.165, 1.54) is 7.05 Å². The maximum absolute atomic E-state index is 11.5. The van der Waals surface area contributed by atoms with Crippen molar-refractivity contribution in [2.45, 2.75) is 12.8 Å². The number of hydrogen-bond donors (Lipinski definition) is 1. The van der Waals surface area contributed by atoms with Crippen LogP contribution in [0.1, 0.15) is 12.8 Å². The molecule has 0 bridgehead atoms. The molecule has 1 N–H and O–H groups in total. The van der Waals surface area contributed by atoms with Gasteiger partial charge in [-0.3, -0.25) is 9.59 Å². The molecule has 3 nitrogen and oxygen atoms in total. The Kier molecular flexibility index (Phi) is 3.71. The van der Waals surface area contributed by atoms with E-state index >= 15 is 0 Å². The highest BCUT2D eigenvalue weighted by molar-refractivity contribution is 7.80. The second-order valence-electron chi connectivity index (χ2n) is 2.95. The number of ketones is 1. The predicted molar refractivity (Wildman–Crippen MR) is 58.1 cm³/mol. The van der Waals surface area contributed by atoms with Gasteiger partial charge in [0.05, 0.1) is 6.42 Å². The average molecular weight is 209 g/mol. The van der Waals surface area contributed by atoms with Gasteiger partial charge in [-0.1, -0.05) is 24.4 Å². The van der Waals surface area contributed by atoms with Gasteiger partial charge in [-0.15, -0.1) is 0 Å². The van der Waals surface area contributed by atoms with E-state index in [9.17, 15) is 9.59 Å². The Bertz CT molecular complexity index is 342. The molecule has 0 radical (unpaired) electrons. The van der Waals surface area contributed by atoms with E-state index < -0.39 is 0 Å². The molecule has 0 spiro atoms. The Balaban J connectivity index is 2.65. The Morgan fingerprint density at radius 3 is 2.86 bits per heavy atom. The summed E-state index contributed by atoms with van der Waals surface area (Å²) in [4.78, 5) is 23.1. The van der Waals surface area contributed by atoms with Crippen molar-refractivity contribution in [2.75, 3.05) is 7.05 Å². The van der Waals surface area contributed by atoms with Crippen LogP contribution in [0.4, 0.5) is 0 Å². The summed E-state index contributed by atoms with van der Waals surface area (Å²) in [5, 5.41) is 2.40. The summed E-state index contributed by atoms with van der Waals surface area (Å²) in [5.41, 5.74) is 0.518. The first kappa shape index (κ1) is 10.8. The number of amides is 1. The van der Waals surface area contributed by atoms with Gasteiger partial charge < -0.3 is 5.32 Å². The maximum Gasteiger partial charge on any atom is 0.227 e. The zero-order chi connectivity index (χ0) is 10.6. The number of thiocarbonyl (C=S) groups is 1. The molecular formula is C10H11NO2S. The molecule has 1 amide bonds. The summed E-state index contributed by atoms with van der Waals surface area (Å²) >= 11 is 4.96. The Morgan fingerprint density at radius 2 is 2.29 bits per heavy atom. The molecule has 14 heavy (non-hydrogen) atoms. The maximum atomic E-state index is 11.5. The number of Topliss-reactive ketones (excluding diaryl/α,β-unsaturated/α-hetero) is 1. The van der Waals surface area contributed by atoms with Crippen molar-refractivity contribution >= 4 is 28.8 Å². The first-order valence-corrected chi connectivity index (χ1v) is 4.69. The SMILES string of the molecule is CNC(=O)CC(=O)C1=CC(=S)CC=C1. The lowest BCUT2D eigenvalue weighted by atomic mass is 10.0. The van der Waals surface area contributed by atoms with Gasteiger partial charge in [0.1, 0.15) is 0 Å². The zero-order valence-electron chi connectivity index (χ0n) is 7.87. The molecule has 1 rings (SSSR count). The van der Waals surface area contributed by atoms with Gasteiger partial charge in [-0.2, -0.15) is 0 Å². The normalized spacial score (nSPS) is 14.9. The molecule has 0 saturated heterocycles. The molecule has 0 unspecified atom stereocenters. The van der Waals surface area contributed by atoms with E-state index in [-0.39, 0.29) is 18.1 Å². The zero-order valence-corrected chi connectivity index (χ0v) is 8.69. The lowest BCUT2D eigenvalue weighted by Gasteiger charge is -2.05. The summed E-state index contributed by atoms with van der Waals surface area (Å²) in [6.45, 7) is 0. The van der Waals surface area contributed by atoms with Gasteiger partial charge in [0.15, 0.2) is 5.78 Å². The van der Waals surface area contributed by atoms with E-state index in [4.69, 9.17) is 12.2 Å². The number of allylic oxidation sites excluding steroid dienone is 4. The number of rotatable bonds is 3. The highest BCUT2D eigenvalue weighted by Gasteiger charge is 2.13. The molecular weight excluding hydrogens is 198 g/mol. The Morgan fingerprint density at radius 1 is 1.57 bits per heavy atom. The third-order valence-corrected chi connectivity index (χ3v) is 2.14. The van der Waals surface area contributed by atoms with Gasteiger partial charge in [-0.05, 0) is 6.08 Å². The standard InChI is InChI=1S/C10H11NO2S/c1-11-10(13)6-9(12)7-3-2-4-8(14)5-7/h2-3,5H,4,6H2,1H3,(H,11,13). The topological polar surface area (TPSA) is 46.2 Å². The summed E-state index contributed by atoms with van der Waals surface area (Å²) in [6, 6.07) is 0. The van der Waals surface area contributed by atoms with Crippen molar-refractivity contribution in [1.29, 1.82) is 0 Å². The van der Waals surface area contributed by atoms with E-state index in [0.29, 0.717) is 12.0 Å². The second kappa shape index (κ2) is 4.81. The van der Waals surface area contributed by atoms with Crippen LogP contribution in [0, 0.1) is 0 Å². The monoisotopic (exact) mass is 209 g/mol. The van der Waals surface area contributed by atoms with E-state index in [1.54, 1.807) is 12.2 Å². The molecule has 1 aliphatic rings. The molecule has 1 aliphatic carbocycles. The number of carbonyl (C=O) groups excluding carboxylic acids is 2. The smallest absolute Gasteiger partial charge is 0.227 e. The molecule has 0 fully saturated rings. The molecule has 0 atom stereocenters. The van der Waals surface area contributed by atoms with Crippen molar-refractivity contribution in [2.24, 2.45) is 0 Å². The molecule has 0 saturated carbocycles. The molecule has 0 aromatic heterocycles. The van der Waals surface area contributed by atoms with Crippen molar-refractivity contribution in [3.05, 3.63) is 23.8 Å². The highest BCUT2D eigenvalue weighted by atomic mass is 32.1. The quantitative estimate of drug-likeness (QED) is 0.556. The number of carbonyl (C=O) groups is 2. The van der Waals surface area contributed by atoms with Gasteiger partial charge in [0.25, 0.3) is 0 Å². The van der Waals surface area contributed by atoms with E-state index in [1.807, 2.05) is 6.08 Å². The number of nitrogens with one attached hydrogen (secondary N) is 1. The minimum absolute atomic E-state index is 0.116. The van der Waals surface area contributed by atoms with Crippen LogP contribution in [-0.4, -0.2) is 23.6 Å². The van der Waals surface area contributed by atoms with Crippen LogP contribution < -0.4 is 5.32 Å². The van der Waals surface area contributed by atoms with Gasteiger partial charge in [-0.25, -0.2) is 0 Å². The minimum Gasteiger partial charge on any atom is -0.359 e. The fraction of sp³-hybridized carbons (Fsp3) is 0.300. The highest BCUT2D eigenvalue weighted by Crippen LogP contribution is 2.10. The van der Waals surface area contributed by atoms with Crippen molar-refractivity contribution in [3.63, 3.8) is 0 Å². The summed E-state index contributed by atoms with van der Waals surface area (Å²) in [7, 11) is 1.51. The van der Waals surface area contributed by atoms with Crippen LogP contribution >= 0.6 is 12.2 Å². The molecule has 4 heteroatoms. The Labute approximate surface area is 87.9 Å². The molecule has 74 valence electrons. The summed E-state index contributed by atoms with van der Waals surface area (Å²) < 4.78 is 0. The summed E-state index contributed by atoms with van der Waals surface area (Å²) in [5.74, 6) is -0.469. The molecule has 0 aliphatic heterocycles. The molecule has 0 heterocycles. The van der Waals surface area contributed by atoms with Crippen molar-refractivity contribution < 1.29 is 9.59 Å². The minimum atomic E-state index is -0.277. The fourth-order valence-corrected chi connectivity index (χ4v) is 1.32. The predicted octanol–water partition coefficient (Wildman–Crippen LogP) is 0.948. The van der Waals surface area contributed by atoms with Crippen LogP contribution in [0.25, 0.3) is 0 Å². The lowest BCUT2D eigenvalue weighted by molar-refractivity contribution is -0.126. The van der Waals surface area contributed by atoms with E-state index in [0.717, 1.165) is 4.86 Å². The van der Waals surface area contributed by atoms with Gasteiger partial charge in [0.2, 0.25) is 5.91 Å². The van der Waals surface area contributed by atoms with E-state index in [2.05, 4.69) is 5.32 Å². The number of hydrogen-bond acceptors (Lipinski definition) is 3. The van der Waals surface area contributed by atoms with Crippen LogP contribution in [0.2, 0.25) is 0 Å². The van der Waals surface area contributed by atoms with Gasteiger partial charge >= 0.3 is 0 Å². The second-order valence-corrected chi connectivity index (χ2v) is 3.47. The molecule has 0 aromatic rings. The first-order valence-electron chi connectivity index (χ1n) is 4.28. The average Bonchev–Trinajstić information content (AvgIpc) is 2.17. The van der Waals surface area contributed by atoms with Crippen molar-refractivity contribution in [3.8, 4) is 0 Å². The largest absolute Gasteiger partial charge is 0.359 e. The lowest BCUT2D eigenvalue weighted by Crippen LogP contribution is -2.22. The third-order valence-electron chi connectivity index (χ3n) is 1.85. The Hall–Kier alpha value is -1.29. The molecule has 0 aromatic carbocycles. The fourth-order valence-electron chi connectivity index (χ4n) is 1.09. The van der Waals surface area contributed by atoms with Crippen LogP contribution in [0.5, 0.6) is 0 Å². The van der Waals surface area contributed by atoms with Crippen LogP contribution in [0.3, 0.4) is 0 Å². The van der Waals surface area contributed by atoms with Gasteiger partial charge in [0, 0.05) is 23.9 Å². The third kappa shape index (κ3) is 2.88. The van der Waals surface area contributed by atoms with Crippen LogP contribution in [-0.2, 0) is 9.59 Å². The van der Waals surface area contributed by atoms with Crippen molar-refractivity contribution in [1.82, 2.24) is 5.32 Å².